The smallest absolute Gasteiger partial charge is 0.144 e. The molecule has 0 radical (unpaired) electrons. The molecule has 4 heteroatoms. The lowest BCUT2D eigenvalue weighted by atomic mass is 9.84. The molecule has 0 unspecified atom stereocenters. The van der Waals surface area contributed by atoms with E-state index < -0.39 is 0 Å². The number of nitrogens with two attached hydrogens (primary N) is 1. The van der Waals surface area contributed by atoms with Crippen LogP contribution in [0.25, 0.3) is 10.9 Å². The lowest BCUT2D eigenvalue weighted by Gasteiger charge is -2.24. The van der Waals surface area contributed by atoms with Crippen LogP contribution in [-0.4, -0.2) is 4.98 Å². The van der Waals surface area contributed by atoms with Crippen LogP contribution in [0.15, 0.2) is 24.3 Å². The number of nitrogen functional groups attached to an aromatic ring is 1. The van der Waals surface area contributed by atoms with Crippen molar-refractivity contribution in [1.29, 1.82) is 0 Å². The van der Waals surface area contributed by atoms with E-state index in [0.717, 1.165) is 35.1 Å². The normalized spacial score (nSPS) is 16.7. The predicted molar refractivity (Wildman–Crippen MR) is 75.3 cm³/mol. The summed E-state index contributed by atoms with van der Waals surface area (Å²) >= 11 is 0. The van der Waals surface area contributed by atoms with Crippen molar-refractivity contribution in [3.63, 3.8) is 0 Å². The van der Waals surface area contributed by atoms with Crippen molar-refractivity contribution in [2.45, 2.75) is 38.0 Å². The highest BCUT2D eigenvalue weighted by Gasteiger charge is 2.19. The summed E-state index contributed by atoms with van der Waals surface area (Å²) in [6, 6.07) is 6.69. The van der Waals surface area contributed by atoms with Crippen LogP contribution in [0.3, 0.4) is 0 Å². The lowest BCUT2D eigenvalue weighted by molar-refractivity contribution is 0.444. The highest BCUT2D eigenvalue weighted by molar-refractivity contribution is 5.82. The third kappa shape index (κ3) is 2.40. The second-order valence-electron chi connectivity index (χ2n) is 5.24. The minimum absolute atomic E-state index is 0.225. The number of anilines is 1. The van der Waals surface area contributed by atoms with Gasteiger partial charge in [-0.3, -0.25) is 0 Å². The fourth-order valence-corrected chi connectivity index (χ4v) is 3.00. The van der Waals surface area contributed by atoms with Gasteiger partial charge in [0.05, 0.1) is 5.52 Å². The zero-order valence-corrected chi connectivity index (χ0v) is 10.8. The molecule has 1 aromatic heterocycles. The summed E-state index contributed by atoms with van der Waals surface area (Å²) in [5.74, 6) is 6.58. The maximum absolute atomic E-state index is 13.3. The Morgan fingerprint density at radius 3 is 2.68 bits per heavy atom. The fourth-order valence-electron chi connectivity index (χ4n) is 3.00. The summed E-state index contributed by atoms with van der Waals surface area (Å²) in [5, 5.41) is 0.847. The SMILES string of the molecule is NNc1nc2ccc(F)cc2cc1C1CCCCC1. The zero-order valence-electron chi connectivity index (χ0n) is 10.8. The number of fused-ring (bicyclic) bond motifs is 1. The molecule has 0 amide bonds. The first-order chi connectivity index (χ1) is 9.28. The summed E-state index contributed by atoms with van der Waals surface area (Å²) in [6.45, 7) is 0. The Morgan fingerprint density at radius 2 is 1.95 bits per heavy atom. The third-order valence-corrected chi connectivity index (χ3v) is 3.99. The van der Waals surface area contributed by atoms with Crippen LogP contribution in [0, 0.1) is 5.82 Å². The number of nitrogens with zero attached hydrogens (tertiary/aromatic N) is 1. The number of hydrazine groups is 1. The van der Waals surface area contributed by atoms with Crippen molar-refractivity contribution in [1.82, 2.24) is 4.98 Å². The van der Waals surface area contributed by atoms with Crippen LogP contribution in [-0.2, 0) is 0 Å². The van der Waals surface area contributed by atoms with Crippen molar-refractivity contribution in [3.05, 3.63) is 35.6 Å². The molecular formula is C15H18FN3. The van der Waals surface area contributed by atoms with Gasteiger partial charge in [0.25, 0.3) is 0 Å². The number of halogens is 1. The van der Waals surface area contributed by atoms with Crippen molar-refractivity contribution < 1.29 is 4.39 Å². The first kappa shape index (κ1) is 12.4. The first-order valence-corrected chi connectivity index (χ1v) is 6.85. The van der Waals surface area contributed by atoms with E-state index in [0.29, 0.717) is 5.92 Å². The summed E-state index contributed by atoms with van der Waals surface area (Å²) < 4.78 is 13.3. The molecular weight excluding hydrogens is 241 g/mol. The molecule has 1 fully saturated rings. The standard InChI is InChI=1S/C15H18FN3/c16-12-6-7-14-11(8-12)9-13(15(18-14)19-17)10-4-2-1-3-5-10/h6-10H,1-5,17H2,(H,18,19). The topological polar surface area (TPSA) is 50.9 Å². The number of hydrogen-bond donors (Lipinski definition) is 2. The Hall–Kier alpha value is -1.68. The molecule has 19 heavy (non-hydrogen) atoms. The Kier molecular flexibility index (Phi) is 3.34. The summed E-state index contributed by atoms with van der Waals surface area (Å²) in [4.78, 5) is 4.51. The van der Waals surface area contributed by atoms with Gasteiger partial charge < -0.3 is 5.43 Å². The molecule has 1 aromatic carbocycles. The molecule has 1 aliphatic carbocycles. The number of aromatic nitrogens is 1. The van der Waals surface area contributed by atoms with Crippen LogP contribution < -0.4 is 11.3 Å². The van der Waals surface area contributed by atoms with Crippen molar-refractivity contribution in [2.24, 2.45) is 5.84 Å². The molecule has 3 rings (SSSR count). The Balaban J connectivity index is 2.10. The molecule has 0 aliphatic heterocycles. The van der Waals surface area contributed by atoms with Gasteiger partial charge in [0.15, 0.2) is 0 Å². The average Bonchev–Trinajstić information content (AvgIpc) is 2.46. The van der Waals surface area contributed by atoms with E-state index >= 15 is 0 Å². The maximum Gasteiger partial charge on any atom is 0.144 e. The van der Waals surface area contributed by atoms with Crippen LogP contribution in [0.5, 0.6) is 0 Å². The van der Waals surface area contributed by atoms with Crippen molar-refractivity contribution in [2.75, 3.05) is 5.43 Å². The van der Waals surface area contributed by atoms with Gasteiger partial charge in [0, 0.05) is 5.39 Å². The molecule has 0 spiro atoms. The Bertz CT molecular complexity index is 591. The number of nitrogens with one attached hydrogen (secondary N) is 1. The van der Waals surface area contributed by atoms with E-state index in [1.807, 2.05) is 6.07 Å². The molecule has 0 atom stereocenters. The van der Waals surface area contributed by atoms with Gasteiger partial charge in [-0.2, -0.15) is 0 Å². The Labute approximate surface area is 112 Å². The van der Waals surface area contributed by atoms with Gasteiger partial charge in [-0.15, -0.1) is 0 Å². The monoisotopic (exact) mass is 259 g/mol. The van der Waals surface area contributed by atoms with E-state index in [1.54, 1.807) is 6.07 Å². The molecule has 1 saturated carbocycles. The molecule has 3 N–H and O–H groups in total. The highest BCUT2D eigenvalue weighted by Crippen LogP contribution is 2.36. The molecule has 3 nitrogen and oxygen atoms in total. The van der Waals surface area contributed by atoms with Crippen LogP contribution in [0.1, 0.15) is 43.6 Å². The molecule has 2 aromatic rings. The van der Waals surface area contributed by atoms with Crippen LogP contribution in [0.2, 0.25) is 0 Å². The molecule has 100 valence electrons. The number of pyridine rings is 1. The largest absolute Gasteiger partial charge is 0.308 e. The number of benzene rings is 1. The minimum atomic E-state index is -0.225. The van der Waals surface area contributed by atoms with Gasteiger partial charge in [-0.25, -0.2) is 15.2 Å². The Morgan fingerprint density at radius 1 is 1.16 bits per heavy atom. The average molecular weight is 259 g/mol. The van der Waals surface area contributed by atoms with E-state index in [1.165, 1.54) is 31.4 Å². The highest BCUT2D eigenvalue weighted by atomic mass is 19.1. The van der Waals surface area contributed by atoms with Gasteiger partial charge >= 0.3 is 0 Å². The van der Waals surface area contributed by atoms with Gasteiger partial charge in [-0.05, 0) is 48.6 Å². The maximum atomic E-state index is 13.3. The molecule has 1 heterocycles. The fraction of sp³-hybridized carbons (Fsp3) is 0.400. The lowest BCUT2D eigenvalue weighted by Crippen LogP contribution is -2.14. The second-order valence-corrected chi connectivity index (χ2v) is 5.24. The summed E-state index contributed by atoms with van der Waals surface area (Å²) in [6.07, 6.45) is 6.12. The number of rotatable bonds is 2. The van der Waals surface area contributed by atoms with Crippen LogP contribution in [0.4, 0.5) is 10.2 Å². The first-order valence-electron chi connectivity index (χ1n) is 6.85. The predicted octanol–water partition coefficient (Wildman–Crippen LogP) is 3.71. The summed E-state index contributed by atoms with van der Waals surface area (Å²) in [7, 11) is 0. The van der Waals surface area contributed by atoms with E-state index in [4.69, 9.17) is 5.84 Å². The summed E-state index contributed by atoms with van der Waals surface area (Å²) in [5.41, 5.74) is 4.59. The van der Waals surface area contributed by atoms with Crippen molar-refractivity contribution >= 4 is 16.7 Å². The van der Waals surface area contributed by atoms with Gasteiger partial charge in [0.1, 0.15) is 11.6 Å². The van der Waals surface area contributed by atoms with Gasteiger partial charge in [-0.1, -0.05) is 19.3 Å². The van der Waals surface area contributed by atoms with Crippen LogP contribution >= 0.6 is 0 Å². The van der Waals surface area contributed by atoms with E-state index in [9.17, 15) is 4.39 Å². The van der Waals surface area contributed by atoms with E-state index in [-0.39, 0.29) is 5.82 Å². The second kappa shape index (κ2) is 5.13. The van der Waals surface area contributed by atoms with Crippen molar-refractivity contribution in [3.8, 4) is 0 Å². The molecule has 0 bridgehead atoms. The number of hydrogen-bond acceptors (Lipinski definition) is 3. The quantitative estimate of drug-likeness (QED) is 0.638. The zero-order chi connectivity index (χ0) is 13.2. The molecule has 0 saturated heterocycles. The third-order valence-electron chi connectivity index (χ3n) is 3.99. The van der Waals surface area contributed by atoms with Gasteiger partial charge in [0.2, 0.25) is 0 Å². The molecule has 1 aliphatic rings. The minimum Gasteiger partial charge on any atom is -0.308 e. The van der Waals surface area contributed by atoms with E-state index in [2.05, 4.69) is 10.4 Å².